The van der Waals surface area contributed by atoms with Crippen LogP contribution in [0, 0.1) is 0 Å². The maximum Gasteiger partial charge on any atom is 0.119 e. The fourth-order valence-electron chi connectivity index (χ4n) is 0.768. The Kier molecular flexibility index (Phi) is 4.56. The van der Waals surface area contributed by atoms with Gasteiger partial charge in [-0.2, -0.15) is 0 Å². The van der Waals surface area contributed by atoms with E-state index in [0.29, 0.717) is 16.1 Å². The van der Waals surface area contributed by atoms with Gasteiger partial charge in [0.05, 0.1) is 6.10 Å². The SMILES string of the molecule is OC(CBr)COc1ccc(Cl)cc1. The molecule has 0 aliphatic rings. The average molecular weight is 266 g/mol. The quantitative estimate of drug-likeness (QED) is 0.848. The van der Waals surface area contributed by atoms with Gasteiger partial charge in [0.25, 0.3) is 0 Å². The number of hydrogen-bond acceptors (Lipinski definition) is 2. The smallest absolute Gasteiger partial charge is 0.119 e. The minimum atomic E-state index is -0.476. The van der Waals surface area contributed by atoms with Crippen LogP contribution in [0.5, 0.6) is 5.75 Å². The van der Waals surface area contributed by atoms with E-state index < -0.39 is 6.10 Å². The van der Waals surface area contributed by atoms with Crippen LogP contribution in [0.1, 0.15) is 0 Å². The van der Waals surface area contributed by atoms with Crippen molar-refractivity contribution in [1.82, 2.24) is 0 Å². The lowest BCUT2D eigenvalue weighted by Gasteiger charge is -2.09. The maximum absolute atomic E-state index is 9.18. The zero-order chi connectivity index (χ0) is 9.68. The number of aliphatic hydroxyl groups excluding tert-OH is 1. The molecule has 72 valence electrons. The van der Waals surface area contributed by atoms with E-state index in [4.69, 9.17) is 16.3 Å². The molecule has 1 atom stereocenters. The normalized spacial score (nSPS) is 12.5. The topological polar surface area (TPSA) is 29.5 Å². The predicted octanol–water partition coefficient (Wildman–Crippen LogP) is 2.47. The molecule has 1 rings (SSSR count). The van der Waals surface area contributed by atoms with Gasteiger partial charge >= 0.3 is 0 Å². The fraction of sp³-hybridized carbons (Fsp3) is 0.333. The van der Waals surface area contributed by atoms with Crippen LogP contribution in [-0.2, 0) is 0 Å². The van der Waals surface area contributed by atoms with Crippen molar-refractivity contribution in [2.24, 2.45) is 0 Å². The summed E-state index contributed by atoms with van der Waals surface area (Å²) < 4.78 is 5.28. The second kappa shape index (κ2) is 5.47. The Morgan fingerprint density at radius 3 is 2.54 bits per heavy atom. The van der Waals surface area contributed by atoms with Crippen LogP contribution in [0.3, 0.4) is 0 Å². The third-order valence-electron chi connectivity index (χ3n) is 1.43. The molecule has 0 aliphatic carbocycles. The molecule has 0 heterocycles. The summed E-state index contributed by atoms with van der Waals surface area (Å²) >= 11 is 8.84. The first kappa shape index (κ1) is 10.8. The zero-order valence-electron chi connectivity index (χ0n) is 6.91. The Bertz CT molecular complexity index is 250. The van der Waals surface area contributed by atoms with Gasteiger partial charge in [-0.3, -0.25) is 0 Å². The molecule has 2 nitrogen and oxygen atoms in total. The number of rotatable bonds is 4. The van der Waals surface area contributed by atoms with Gasteiger partial charge in [0, 0.05) is 10.4 Å². The Morgan fingerprint density at radius 1 is 1.38 bits per heavy atom. The number of alkyl halides is 1. The number of halogens is 2. The fourth-order valence-corrected chi connectivity index (χ4v) is 1.08. The van der Waals surface area contributed by atoms with Gasteiger partial charge in [-0.15, -0.1) is 0 Å². The van der Waals surface area contributed by atoms with Crippen LogP contribution in [0.4, 0.5) is 0 Å². The average Bonchev–Trinajstić information content (AvgIpc) is 2.16. The Balaban J connectivity index is 2.41. The molecule has 13 heavy (non-hydrogen) atoms. The largest absolute Gasteiger partial charge is 0.491 e. The monoisotopic (exact) mass is 264 g/mol. The number of benzene rings is 1. The Morgan fingerprint density at radius 2 is 2.00 bits per heavy atom. The molecule has 0 aromatic heterocycles. The molecule has 0 bridgehead atoms. The summed E-state index contributed by atoms with van der Waals surface area (Å²) in [6, 6.07) is 7.03. The molecule has 0 saturated heterocycles. The lowest BCUT2D eigenvalue weighted by molar-refractivity contribution is 0.127. The van der Waals surface area contributed by atoms with E-state index in [1.54, 1.807) is 24.3 Å². The summed E-state index contributed by atoms with van der Waals surface area (Å²) in [5.74, 6) is 0.712. The van der Waals surface area contributed by atoms with Crippen molar-refractivity contribution in [2.75, 3.05) is 11.9 Å². The van der Waals surface area contributed by atoms with E-state index in [2.05, 4.69) is 15.9 Å². The molecule has 0 spiro atoms. The van der Waals surface area contributed by atoms with Crippen molar-refractivity contribution < 1.29 is 9.84 Å². The lowest BCUT2D eigenvalue weighted by atomic mass is 10.3. The van der Waals surface area contributed by atoms with Crippen molar-refractivity contribution in [1.29, 1.82) is 0 Å². The van der Waals surface area contributed by atoms with Crippen molar-refractivity contribution in [3.05, 3.63) is 29.3 Å². The van der Waals surface area contributed by atoms with E-state index in [0.717, 1.165) is 0 Å². The Hall–Kier alpha value is -0.250. The third kappa shape index (κ3) is 3.98. The number of aliphatic hydroxyl groups is 1. The summed E-state index contributed by atoms with van der Waals surface area (Å²) in [6.45, 7) is 0.285. The third-order valence-corrected chi connectivity index (χ3v) is 2.43. The molecule has 0 amide bonds. The van der Waals surface area contributed by atoms with Crippen LogP contribution in [-0.4, -0.2) is 23.1 Å². The zero-order valence-corrected chi connectivity index (χ0v) is 9.25. The second-order valence-electron chi connectivity index (χ2n) is 2.57. The molecule has 0 radical (unpaired) electrons. The summed E-state index contributed by atoms with van der Waals surface area (Å²) in [4.78, 5) is 0. The minimum absolute atomic E-state index is 0.285. The molecule has 4 heteroatoms. The number of hydrogen-bond donors (Lipinski definition) is 1. The predicted molar refractivity (Wildman–Crippen MR) is 56.7 cm³/mol. The van der Waals surface area contributed by atoms with E-state index in [-0.39, 0.29) is 6.61 Å². The van der Waals surface area contributed by atoms with Crippen molar-refractivity contribution in [3.8, 4) is 5.75 Å². The van der Waals surface area contributed by atoms with E-state index in [9.17, 15) is 5.11 Å². The molecular weight excluding hydrogens is 255 g/mol. The summed E-state index contributed by atoms with van der Waals surface area (Å²) in [5.41, 5.74) is 0. The first-order chi connectivity index (χ1) is 6.22. The standard InChI is InChI=1S/C9H10BrClO2/c10-5-8(12)6-13-9-3-1-7(11)2-4-9/h1-4,8,12H,5-6H2. The van der Waals surface area contributed by atoms with Crippen LogP contribution in [0.25, 0.3) is 0 Å². The first-order valence-electron chi connectivity index (χ1n) is 3.85. The Labute approximate surface area is 90.6 Å². The van der Waals surface area contributed by atoms with Crippen LogP contribution >= 0.6 is 27.5 Å². The highest BCUT2D eigenvalue weighted by atomic mass is 79.9. The van der Waals surface area contributed by atoms with E-state index in [1.807, 2.05) is 0 Å². The van der Waals surface area contributed by atoms with Crippen molar-refractivity contribution in [3.63, 3.8) is 0 Å². The van der Waals surface area contributed by atoms with Crippen molar-refractivity contribution >= 4 is 27.5 Å². The number of ether oxygens (including phenoxy) is 1. The van der Waals surface area contributed by atoms with Crippen LogP contribution < -0.4 is 4.74 Å². The van der Waals surface area contributed by atoms with Gasteiger partial charge in [-0.1, -0.05) is 27.5 Å². The summed E-state index contributed by atoms with van der Waals surface area (Å²) in [5, 5.41) is 10.4. The molecule has 1 aromatic carbocycles. The van der Waals surface area contributed by atoms with E-state index in [1.165, 1.54) is 0 Å². The molecule has 0 aliphatic heterocycles. The summed E-state index contributed by atoms with van der Waals surface area (Å²) in [7, 11) is 0. The highest BCUT2D eigenvalue weighted by Crippen LogP contribution is 2.15. The first-order valence-corrected chi connectivity index (χ1v) is 5.34. The van der Waals surface area contributed by atoms with Crippen molar-refractivity contribution in [2.45, 2.75) is 6.10 Å². The second-order valence-corrected chi connectivity index (χ2v) is 3.66. The van der Waals surface area contributed by atoms with Crippen LogP contribution in [0.2, 0.25) is 5.02 Å². The minimum Gasteiger partial charge on any atom is -0.491 e. The molecule has 0 saturated carbocycles. The molecule has 1 unspecified atom stereocenters. The van der Waals surface area contributed by atoms with Gasteiger partial charge in [-0.25, -0.2) is 0 Å². The molecule has 0 fully saturated rings. The highest BCUT2D eigenvalue weighted by Gasteiger charge is 2.01. The lowest BCUT2D eigenvalue weighted by Crippen LogP contribution is -2.18. The maximum atomic E-state index is 9.18. The highest BCUT2D eigenvalue weighted by molar-refractivity contribution is 9.09. The molecule has 1 N–H and O–H groups in total. The van der Waals surface area contributed by atoms with Gasteiger partial charge in [0.15, 0.2) is 0 Å². The molecular formula is C9H10BrClO2. The van der Waals surface area contributed by atoms with Gasteiger partial charge < -0.3 is 9.84 Å². The van der Waals surface area contributed by atoms with Crippen LogP contribution in [0.15, 0.2) is 24.3 Å². The van der Waals surface area contributed by atoms with Gasteiger partial charge in [0.1, 0.15) is 12.4 Å². The summed E-state index contributed by atoms with van der Waals surface area (Å²) in [6.07, 6.45) is -0.476. The van der Waals surface area contributed by atoms with Gasteiger partial charge in [-0.05, 0) is 24.3 Å². The molecule has 1 aromatic rings. The van der Waals surface area contributed by atoms with E-state index >= 15 is 0 Å². The van der Waals surface area contributed by atoms with Gasteiger partial charge in [0.2, 0.25) is 0 Å².